The molecule has 3 amide bonds. The fraction of sp³-hybridized carbons (Fsp3) is 0.865. The molecule has 21 heteroatoms. The van der Waals surface area contributed by atoms with Gasteiger partial charge in [-0.05, 0) is 19.3 Å². The Bertz CT molecular complexity index is 999. The summed E-state index contributed by atoms with van der Waals surface area (Å²) in [6.45, 7) is 11.2. The van der Waals surface area contributed by atoms with Crippen LogP contribution in [0, 0.1) is 5.41 Å². The van der Waals surface area contributed by atoms with Crippen LogP contribution in [0.3, 0.4) is 0 Å². The van der Waals surface area contributed by atoms with Crippen LogP contribution >= 0.6 is 0 Å². The average molecular weight is 843 g/mol. The summed E-state index contributed by atoms with van der Waals surface area (Å²) < 4.78 is 65.2. The molecule has 0 aromatic rings. The van der Waals surface area contributed by atoms with E-state index in [0.717, 1.165) is 0 Å². The van der Waals surface area contributed by atoms with Gasteiger partial charge in [-0.15, -0.1) is 0 Å². The summed E-state index contributed by atoms with van der Waals surface area (Å²) >= 11 is 0. The third-order valence-corrected chi connectivity index (χ3v) is 7.17. The summed E-state index contributed by atoms with van der Waals surface area (Å²) in [4.78, 5) is 44.3. The maximum Gasteiger partial charge on any atom is 0.303 e. The van der Waals surface area contributed by atoms with Crippen molar-refractivity contribution in [2.24, 2.45) is 5.73 Å². The molecule has 0 saturated heterocycles. The number of carbonyl (C=O) groups is 4. The lowest BCUT2D eigenvalue weighted by molar-refractivity contribution is -0.138. The quantitative estimate of drug-likeness (QED) is 0.0376. The molecular formula is C37H70N4O17. The maximum absolute atomic E-state index is 11.8. The molecule has 0 atom stereocenters. The van der Waals surface area contributed by atoms with Gasteiger partial charge in [-0.2, -0.15) is 0 Å². The van der Waals surface area contributed by atoms with Gasteiger partial charge < -0.3 is 78.3 Å². The van der Waals surface area contributed by atoms with Crippen molar-refractivity contribution in [3.05, 3.63) is 0 Å². The molecule has 0 spiro atoms. The fourth-order valence-electron chi connectivity index (χ4n) is 4.12. The minimum absolute atomic E-state index is 0.0427. The van der Waals surface area contributed by atoms with E-state index in [-0.39, 0.29) is 36.8 Å². The van der Waals surface area contributed by atoms with Gasteiger partial charge in [-0.3, -0.25) is 24.6 Å². The first kappa shape index (κ1) is 55.1. The van der Waals surface area contributed by atoms with E-state index in [1.54, 1.807) is 0 Å². The Kier molecular flexibility index (Phi) is 42.9. The number of carboxylic acids is 1. The standard InChI is InChI=1S/C37H70N4O17/c38-33(37(39)46)3-1-2-7-40-35(43)6-9-47-11-13-49-15-17-51-19-21-53-23-25-55-27-29-57-31-32-58-30-28-56-26-24-54-22-20-52-18-16-50-14-12-48-10-8-41-34(42)4-5-36(44)45/h38H,1-32H2,(H2,39,46)(H,40,43)(H,41,42)(H,44,45). The molecule has 0 aliphatic heterocycles. The highest BCUT2D eigenvalue weighted by molar-refractivity contribution is 6.36. The lowest BCUT2D eigenvalue weighted by atomic mass is 10.1. The number of nitrogens with two attached hydrogens (primary N) is 1. The van der Waals surface area contributed by atoms with Gasteiger partial charge in [0.05, 0.1) is 171 Å². The zero-order valence-corrected chi connectivity index (χ0v) is 34.2. The Morgan fingerprint density at radius 1 is 0.379 bits per heavy atom. The summed E-state index contributed by atoms with van der Waals surface area (Å²) in [5.41, 5.74) is 4.91. The van der Waals surface area contributed by atoms with E-state index in [2.05, 4.69) is 10.6 Å². The van der Waals surface area contributed by atoms with Crippen LogP contribution < -0.4 is 16.4 Å². The second kappa shape index (κ2) is 45.2. The van der Waals surface area contributed by atoms with Crippen molar-refractivity contribution in [3.63, 3.8) is 0 Å². The van der Waals surface area contributed by atoms with Crippen molar-refractivity contribution in [2.75, 3.05) is 172 Å². The molecule has 0 radical (unpaired) electrons. The van der Waals surface area contributed by atoms with Crippen LogP contribution in [0.2, 0.25) is 0 Å². The van der Waals surface area contributed by atoms with Gasteiger partial charge in [0.2, 0.25) is 11.8 Å². The third-order valence-electron chi connectivity index (χ3n) is 7.17. The number of primary amides is 1. The Hall–Kier alpha value is -2.93. The highest BCUT2D eigenvalue weighted by atomic mass is 16.6. The predicted octanol–water partition coefficient (Wildman–Crippen LogP) is -0.652. The topological polar surface area (TPSA) is 273 Å². The number of hydrogen-bond acceptors (Lipinski definition) is 17. The summed E-state index contributed by atoms with van der Waals surface area (Å²) in [5.74, 6) is -2.13. The molecule has 0 bridgehead atoms. The van der Waals surface area contributed by atoms with E-state index in [1.165, 1.54) is 0 Å². The Labute approximate surface area is 342 Å². The van der Waals surface area contributed by atoms with Crippen molar-refractivity contribution in [2.45, 2.75) is 38.5 Å². The number of aliphatic carboxylic acids is 1. The molecule has 0 aromatic carbocycles. The number of amides is 3. The Balaban J connectivity index is 3.15. The molecule has 21 nitrogen and oxygen atoms in total. The van der Waals surface area contributed by atoms with Crippen LogP contribution in [0.15, 0.2) is 0 Å². The van der Waals surface area contributed by atoms with Crippen LogP contribution in [0.25, 0.3) is 0 Å². The zero-order chi connectivity index (χ0) is 42.4. The summed E-state index contributed by atoms with van der Waals surface area (Å²) in [5, 5.41) is 21.2. The number of carboxylic acid groups (broad SMARTS) is 1. The lowest BCUT2D eigenvalue weighted by Crippen LogP contribution is -2.27. The molecule has 58 heavy (non-hydrogen) atoms. The Morgan fingerprint density at radius 3 is 1.00 bits per heavy atom. The monoisotopic (exact) mass is 842 g/mol. The first-order chi connectivity index (χ1) is 28.3. The molecule has 340 valence electrons. The maximum atomic E-state index is 11.8. The average Bonchev–Trinajstić information content (AvgIpc) is 3.20. The van der Waals surface area contributed by atoms with Crippen molar-refractivity contribution in [1.29, 1.82) is 5.41 Å². The predicted molar refractivity (Wildman–Crippen MR) is 208 cm³/mol. The minimum Gasteiger partial charge on any atom is -0.481 e. The number of hydrogen-bond donors (Lipinski definition) is 5. The molecule has 0 heterocycles. The van der Waals surface area contributed by atoms with Crippen LogP contribution in [0.4, 0.5) is 0 Å². The second-order valence-corrected chi connectivity index (χ2v) is 12.0. The minimum atomic E-state index is -1.00. The van der Waals surface area contributed by atoms with Gasteiger partial charge in [-0.25, -0.2) is 0 Å². The van der Waals surface area contributed by atoms with E-state index in [1.807, 2.05) is 0 Å². The van der Waals surface area contributed by atoms with E-state index < -0.39 is 11.9 Å². The van der Waals surface area contributed by atoms with Crippen LogP contribution in [0.5, 0.6) is 0 Å². The molecule has 0 aliphatic rings. The molecule has 0 aromatic heterocycles. The van der Waals surface area contributed by atoms with Crippen LogP contribution in [0.1, 0.15) is 38.5 Å². The van der Waals surface area contributed by atoms with E-state index in [0.29, 0.717) is 191 Å². The highest BCUT2D eigenvalue weighted by Gasteiger charge is 2.06. The third kappa shape index (κ3) is 45.8. The first-order valence-electron chi connectivity index (χ1n) is 19.9. The van der Waals surface area contributed by atoms with Crippen LogP contribution in [-0.4, -0.2) is 206 Å². The van der Waals surface area contributed by atoms with Crippen molar-refractivity contribution >= 4 is 29.4 Å². The van der Waals surface area contributed by atoms with E-state index in [4.69, 9.17) is 73.1 Å². The fourth-order valence-corrected chi connectivity index (χ4v) is 4.12. The van der Waals surface area contributed by atoms with Crippen molar-refractivity contribution < 1.29 is 81.1 Å². The van der Waals surface area contributed by atoms with Gasteiger partial charge in [0.1, 0.15) is 0 Å². The number of unbranched alkanes of at least 4 members (excludes halogenated alkanes) is 1. The van der Waals surface area contributed by atoms with Gasteiger partial charge >= 0.3 is 5.97 Å². The summed E-state index contributed by atoms with van der Waals surface area (Å²) in [7, 11) is 0. The smallest absolute Gasteiger partial charge is 0.303 e. The SMILES string of the molecule is N=C(CCCCNC(=O)CCOCCOCCOCCOCCOCCOCCOCCOCCOCCOCCOCCOCCNC(=O)CCC(=O)O)C(N)=O. The molecule has 0 aliphatic carbocycles. The first-order valence-corrected chi connectivity index (χ1v) is 19.9. The van der Waals surface area contributed by atoms with E-state index in [9.17, 15) is 19.2 Å². The lowest BCUT2D eigenvalue weighted by Gasteiger charge is -2.09. The molecular weight excluding hydrogens is 772 g/mol. The normalized spacial score (nSPS) is 11.2. The van der Waals surface area contributed by atoms with Crippen LogP contribution in [-0.2, 0) is 76.0 Å². The van der Waals surface area contributed by atoms with Gasteiger partial charge in [0, 0.05) is 25.9 Å². The molecule has 0 rings (SSSR count). The number of nitrogens with one attached hydrogen (secondary N) is 3. The molecule has 6 N–H and O–H groups in total. The number of rotatable bonds is 48. The summed E-state index contributed by atoms with van der Waals surface area (Å²) in [6.07, 6.45) is 1.62. The Morgan fingerprint density at radius 2 is 0.672 bits per heavy atom. The zero-order valence-electron chi connectivity index (χ0n) is 34.2. The molecule has 0 fully saturated rings. The van der Waals surface area contributed by atoms with E-state index >= 15 is 0 Å². The second-order valence-electron chi connectivity index (χ2n) is 12.0. The van der Waals surface area contributed by atoms with Gasteiger partial charge in [0.15, 0.2) is 0 Å². The highest BCUT2D eigenvalue weighted by Crippen LogP contribution is 1.96. The number of carbonyl (C=O) groups excluding carboxylic acids is 3. The molecule has 0 saturated carbocycles. The van der Waals surface area contributed by atoms with Gasteiger partial charge in [-0.1, -0.05) is 0 Å². The van der Waals surface area contributed by atoms with Gasteiger partial charge in [0.25, 0.3) is 5.91 Å². The molecule has 0 unspecified atom stereocenters. The van der Waals surface area contributed by atoms with Crippen molar-refractivity contribution in [1.82, 2.24) is 10.6 Å². The summed E-state index contributed by atoms with van der Waals surface area (Å²) in [6, 6.07) is 0. The number of ether oxygens (including phenoxy) is 12. The van der Waals surface area contributed by atoms with Crippen molar-refractivity contribution in [3.8, 4) is 0 Å². The largest absolute Gasteiger partial charge is 0.481 e.